The molecule has 0 aromatic rings. The van der Waals surface area contributed by atoms with Gasteiger partial charge in [-0.2, -0.15) is 8.42 Å². The predicted octanol–water partition coefficient (Wildman–Crippen LogP) is -3.16. The Hall–Kier alpha value is -0.290. The molecular formula is C7H17NO7S. The van der Waals surface area contributed by atoms with Crippen molar-refractivity contribution in [3.8, 4) is 0 Å². The van der Waals surface area contributed by atoms with Gasteiger partial charge in [0, 0.05) is 6.54 Å². The lowest BCUT2D eigenvalue weighted by molar-refractivity contribution is -0.00962. The van der Waals surface area contributed by atoms with Crippen LogP contribution in [0.25, 0.3) is 0 Å². The Labute approximate surface area is 93.5 Å². The lowest BCUT2D eigenvalue weighted by Gasteiger charge is -2.28. The monoisotopic (exact) mass is 259 g/mol. The molecule has 0 bridgehead atoms. The number of aliphatic hydroxyl groups excluding tert-OH is 4. The molecule has 1 unspecified atom stereocenters. The summed E-state index contributed by atoms with van der Waals surface area (Å²) in [5, 5.41) is 35.8. The molecule has 0 fully saturated rings. The first-order valence-corrected chi connectivity index (χ1v) is 6.14. The van der Waals surface area contributed by atoms with Crippen molar-refractivity contribution < 1.29 is 33.4 Å². The third kappa shape index (κ3) is 6.33. The van der Waals surface area contributed by atoms with Crippen molar-refractivity contribution in [1.82, 2.24) is 4.90 Å². The summed E-state index contributed by atoms with van der Waals surface area (Å²) >= 11 is 0. The molecule has 0 radical (unpaired) electrons. The Balaban J connectivity index is 4.31. The first-order valence-electron chi connectivity index (χ1n) is 4.54. The molecule has 9 heteroatoms. The molecule has 0 saturated heterocycles. The van der Waals surface area contributed by atoms with Crippen LogP contribution in [0, 0.1) is 0 Å². The smallest absolute Gasteiger partial charge is 0.267 e. The van der Waals surface area contributed by atoms with Gasteiger partial charge in [0.05, 0.1) is 32.1 Å². The van der Waals surface area contributed by atoms with Gasteiger partial charge in [0.1, 0.15) is 5.75 Å². The number of rotatable bonds is 8. The Bertz CT molecular complexity index is 276. The second-order valence-electron chi connectivity index (χ2n) is 3.33. The van der Waals surface area contributed by atoms with Gasteiger partial charge < -0.3 is 20.4 Å². The maximum atomic E-state index is 10.4. The van der Waals surface area contributed by atoms with Gasteiger partial charge in [-0.3, -0.25) is 9.45 Å². The average Bonchev–Trinajstić information content (AvgIpc) is 2.15. The summed E-state index contributed by atoms with van der Waals surface area (Å²) in [6.07, 6.45) is -1.41. The molecule has 16 heavy (non-hydrogen) atoms. The average molecular weight is 259 g/mol. The van der Waals surface area contributed by atoms with E-state index >= 15 is 0 Å². The number of aliphatic hydroxyl groups is 4. The molecule has 0 rings (SSSR count). The van der Waals surface area contributed by atoms with E-state index in [1.807, 2.05) is 0 Å². The first-order chi connectivity index (χ1) is 7.34. The summed E-state index contributed by atoms with van der Waals surface area (Å²) in [5.41, 5.74) is 0. The third-order valence-corrected chi connectivity index (χ3v) is 2.77. The second kappa shape index (κ2) is 7.12. The highest BCUT2D eigenvalue weighted by molar-refractivity contribution is 7.85. The fourth-order valence-corrected chi connectivity index (χ4v) is 1.77. The van der Waals surface area contributed by atoms with Crippen LogP contribution in [0.3, 0.4) is 0 Å². The molecule has 0 heterocycles. The molecule has 0 spiro atoms. The fourth-order valence-electron chi connectivity index (χ4n) is 1.18. The molecular weight excluding hydrogens is 242 g/mol. The summed E-state index contributed by atoms with van der Waals surface area (Å²) in [7, 11) is -4.30. The first kappa shape index (κ1) is 15.7. The SMILES string of the molecule is O=S(=O)(O)CC(O)CN(CO)C(CO)CO. The van der Waals surface area contributed by atoms with Crippen LogP contribution < -0.4 is 0 Å². The Morgan fingerprint density at radius 1 is 1.12 bits per heavy atom. The van der Waals surface area contributed by atoms with E-state index in [9.17, 15) is 13.5 Å². The van der Waals surface area contributed by atoms with Crippen molar-refractivity contribution in [2.45, 2.75) is 12.1 Å². The van der Waals surface area contributed by atoms with Crippen LogP contribution in [-0.4, -0.2) is 82.7 Å². The molecule has 0 aromatic heterocycles. The zero-order valence-corrected chi connectivity index (χ0v) is 9.41. The molecule has 0 aliphatic rings. The highest BCUT2D eigenvalue weighted by atomic mass is 32.2. The van der Waals surface area contributed by atoms with Crippen LogP contribution >= 0.6 is 0 Å². The van der Waals surface area contributed by atoms with Gasteiger partial charge in [-0.1, -0.05) is 0 Å². The summed E-state index contributed by atoms with van der Waals surface area (Å²) in [5.74, 6) is -0.868. The Morgan fingerprint density at radius 2 is 1.62 bits per heavy atom. The van der Waals surface area contributed by atoms with Crippen LogP contribution in [0.2, 0.25) is 0 Å². The molecule has 98 valence electrons. The van der Waals surface area contributed by atoms with E-state index < -0.39 is 48.0 Å². The minimum absolute atomic E-state index is 0.290. The minimum Gasteiger partial charge on any atom is -0.395 e. The standard InChI is InChI=1S/C7H17NO7S/c9-2-6(3-10)8(5-11)1-7(12)4-16(13,14)15/h6-7,9-12H,1-5H2,(H,13,14,15). The minimum atomic E-state index is -4.30. The van der Waals surface area contributed by atoms with Crippen molar-refractivity contribution in [1.29, 1.82) is 0 Å². The molecule has 1 atom stereocenters. The van der Waals surface area contributed by atoms with Crippen LogP contribution in [0.4, 0.5) is 0 Å². The largest absolute Gasteiger partial charge is 0.395 e. The van der Waals surface area contributed by atoms with Gasteiger partial charge in [-0.15, -0.1) is 0 Å². The van der Waals surface area contributed by atoms with Crippen molar-refractivity contribution in [2.75, 3.05) is 32.2 Å². The van der Waals surface area contributed by atoms with Gasteiger partial charge in [-0.25, -0.2) is 0 Å². The maximum absolute atomic E-state index is 10.4. The van der Waals surface area contributed by atoms with Gasteiger partial charge in [0.25, 0.3) is 10.1 Å². The highest BCUT2D eigenvalue weighted by Crippen LogP contribution is 2.01. The van der Waals surface area contributed by atoms with E-state index in [0.717, 1.165) is 4.90 Å². The normalized spacial score (nSPS) is 14.7. The summed E-state index contributed by atoms with van der Waals surface area (Å²) in [4.78, 5) is 1.09. The van der Waals surface area contributed by atoms with Gasteiger partial charge >= 0.3 is 0 Å². The number of hydrogen-bond acceptors (Lipinski definition) is 7. The second-order valence-corrected chi connectivity index (χ2v) is 4.83. The molecule has 5 N–H and O–H groups in total. The topological polar surface area (TPSA) is 139 Å². The van der Waals surface area contributed by atoms with Crippen molar-refractivity contribution in [3.63, 3.8) is 0 Å². The zero-order valence-electron chi connectivity index (χ0n) is 8.60. The third-order valence-electron chi connectivity index (χ3n) is 1.97. The Kier molecular flexibility index (Phi) is 6.99. The predicted molar refractivity (Wildman–Crippen MR) is 54.2 cm³/mol. The van der Waals surface area contributed by atoms with E-state index in [1.54, 1.807) is 0 Å². The lowest BCUT2D eigenvalue weighted by Crippen LogP contribution is -2.46. The fraction of sp³-hybridized carbons (Fsp3) is 1.00. The highest BCUT2D eigenvalue weighted by Gasteiger charge is 2.22. The van der Waals surface area contributed by atoms with E-state index in [4.69, 9.17) is 19.9 Å². The van der Waals surface area contributed by atoms with Crippen LogP contribution in [0.15, 0.2) is 0 Å². The van der Waals surface area contributed by atoms with E-state index in [-0.39, 0.29) is 6.54 Å². The Morgan fingerprint density at radius 3 is 1.94 bits per heavy atom. The molecule has 0 saturated carbocycles. The number of hydrogen-bond donors (Lipinski definition) is 5. The molecule has 0 aliphatic heterocycles. The molecule has 0 aromatic carbocycles. The lowest BCUT2D eigenvalue weighted by atomic mass is 10.2. The number of nitrogens with zero attached hydrogens (tertiary/aromatic N) is 1. The molecule has 0 aliphatic carbocycles. The van der Waals surface area contributed by atoms with Crippen molar-refractivity contribution in [3.05, 3.63) is 0 Å². The van der Waals surface area contributed by atoms with Crippen molar-refractivity contribution in [2.24, 2.45) is 0 Å². The van der Waals surface area contributed by atoms with Crippen LogP contribution in [-0.2, 0) is 10.1 Å². The van der Waals surface area contributed by atoms with Gasteiger partial charge in [0.15, 0.2) is 0 Å². The zero-order chi connectivity index (χ0) is 12.8. The quantitative estimate of drug-likeness (QED) is 0.227. The van der Waals surface area contributed by atoms with Gasteiger partial charge in [0.2, 0.25) is 0 Å². The summed E-state index contributed by atoms with van der Waals surface area (Å²) in [6, 6.07) is -0.791. The van der Waals surface area contributed by atoms with E-state index in [0.29, 0.717) is 0 Å². The van der Waals surface area contributed by atoms with E-state index in [1.165, 1.54) is 0 Å². The maximum Gasteiger partial charge on any atom is 0.267 e. The summed E-state index contributed by atoms with van der Waals surface area (Å²) in [6.45, 7) is -1.75. The van der Waals surface area contributed by atoms with Gasteiger partial charge in [-0.05, 0) is 0 Å². The van der Waals surface area contributed by atoms with Crippen LogP contribution in [0.5, 0.6) is 0 Å². The van der Waals surface area contributed by atoms with Crippen LogP contribution in [0.1, 0.15) is 0 Å². The van der Waals surface area contributed by atoms with E-state index in [2.05, 4.69) is 0 Å². The molecule has 8 nitrogen and oxygen atoms in total. The molecule has 0 amide bonds. The van der Waals surface area contributed by atoms with Crippen molar-refractivity contribution >= 4 is 10.1 Å². The summed E-state index contributed by atoms with van der Waals surface area (Å²) < 4.78 is 29.3.